The van der Waals surface area contributed by atoms with Crippen molar-refractivity contribution in [3.05, 3.63) is 47.4 Å². The van der Waals surface area contributed by atoms with Gasteiger partial charge in [-0.05, 0) is 25.0 Å². The van der Waals surface area contributed by atoms with Gasteiger partial charge in [-0.2, -0.15) is 0 Å². The smallest absolute Gasteiger partial charge is 0.276 e. The highest BCUT2D eigenvalue weighted by Gasteiger charge is 2.29. The Morgan fingerprint density at radius 1 is 1.25 bits per heavy atom. The number of carbonyl (C=O) groups excluding carboxylic acids is 1. The molecule has 0 saturated carbocycles. The van der Waals surface area contributed by atoms with E-state index in [1.807, 2.05) is 23.1 Å². The average molecular weight is 339 g/mol. The number of para-hydroxylation sites is 1. The van der Waals surface area contributed by atoms with Crippen molar-refractivity contribution in [2.75, 3.05) is 18.8 Å². The summed E-state index contributed by atoms with van der Waals surface area (Å²) in [6.07, 6.45) is 4.98. The quantitative estimate of drug-likeness (QED) is 0.776. The molecule has 0 bridgehead atoms. The predicted molar refractivity (Wildman–Crippen MR) is 93.9 cm³/mol. The Morgan fingerprint density at radius 2 is 2.08 bits per heavy atom. The maximum absolute atomic E-state index is 12.7. The molecule has 0 spiro atoms. The summed E-state index contributed by atoms with van der Waals surface area (Å²) in [6.45, 7) is 1.37. The van der Waals surface area contributed by atoms with Gasteiger partial charge in [0.2, 0.25) is 0 Å². The first-order valence-corrected chi connectivity index (χ1v) is 8.75. The second kappa shape index (κ2) is 6.16. The van der Waals surface area contributed by atoms with Crippen LogP contribution in [0.5, 0.6) is 0 Å². The summed E-state index contributed by atoms with van der Waals surface area (Å²) in [6, 6.07) is 8.14. The number of carbonyl (C=O) groups is 1. The van der Waals surface area contributed by atoms with Crippen LogP contribution in [0.3, 0.4) is 0 Å². The Morgan fingerprint density at radius 3 is 2.92 bits per heavy atom. The molecule has 1 aromatic carbocycles. The number of nitrogens with zero attached hydrogens (tertiary/aromatic N) is 4. The van der Waals surface area contributed by atoms with Crippen LogP contribution < -0.4 is 5.73 Å². The van der Waals surface area contributed by atoms with Gasteiger partial charge < -0.3 is 10.6 Å². The third-order valence-electron chi connectivity index (χ3n) is 4.30. The summed E-state index contributed by atoms with van der Waals surface area (Å²) in [5.74, 6) is 0.300. The Balaban J connectivity index is 1.57. The molecule has 0 radical (unpaired) electrons. The summed E-state index contributed by atoms with van der Waals surface area (Å²) >= 11 is 1.71. The molecule has 7 heteroatoms. The lowest BCUT2D eigenvalue weighted by atomic mass is 9.98. The van der Waals surface area contributed by atoms with Crippen molar-refractivity contribution in [1.82, 2.24) is 19.9 Å². The number of aromatic nitrogens is 3. The molecule has 0 aliphatic carbocycles. The summed E-state index contributed by atoms with van der Waals surface area (Å²) < 4.78 is 1.19. The number of likely N-dealkylation sites (tertiary alicyclic amines) is 1. The molecule has 1 amide bonds. The number of piperidine rings is 1. The van der Waals surface area contributed by atoms with E-state index >= 15 is 0 Å². The molecule has 1 fully saturated rings. The number of nitrogen functional groups attached to an aromatic ring is 1. The predicted octanol–water partition coefficient (Wildman–Crippen LogP) is 2.69. The second-order valence-corrected chi connectivity index (χ2v) is 6.96. The van der Waals surface area contributed by atoms with E-state index in [1.54, 1.807) is 11.3 Å². The summed E-state index contributed by atoms with van der Waals surface area (Å²) in [5.41, 5.74) is 7.06. The van der Waals surface area contributed by atoms with Crippen LogP contribution in [0.1, 0.15) is 34.3 Å². The lowest BCUT2D eigenvalue weighted by Gasteiger charge is -2.31. The van der Waals surface area contributed by atoms with E-state index in [4.69, 9.17) is 10.7 Å². The normalized spacial score (nSPS) is 18.0. The van der Waals surface area contributed by atoms with Crippen LogP contribution in [0.4, 0.5) is 5.82 Å². The van der Waals surface area contributed by atoms with Gasteiger partial charge in [0.25, 0.3) is 5.91 Å². The number of hydrogen-bond donors (Lipinski definition) is 1. The number of fused-ring (bicyclic) bond motifs is 1. The van der Waals surface area contributed by atoms with Crippen molar-refractivity contribution in [2.45, 2.75) is 18.8 Å². The molecule has 4 rings (SSSR count). The van der Waals surface area contributed by atoms with E-state index in [1.165, 1.54) is 17.1 Å². The molecule has 6 nitrogen and oxygen atoms in total. The fourth-order valence-electron chi connectivity index (χ4n) is 3.09. The van der Waals surface area contributed by atoms with Gasteiger partial charge in [-0.1, -0.05) is 12.1 Å². The molecule has 2 aromatic heterocycles. The Kier molecular flexibility index (Phi) is 3.86. The first kappa shape index (κ1) is 15.0. The minimum Gasteiger partial charge on any atom is -0.382 e. The summed E-state index contributed by atoms with van der Waals surface area (Å²) in [4.78, 5) is 27.3. The van der Waals surface area contributed by atoms with Gasteiger partial charge in [-0.3, -0.25) is 4.79 Å². The van der Waals surface area contributed by atoms with Gasteiger partial charge in [-0.15, -0.1) is 11.3 Å². The molecule has 122 valence electrons. The zero-order valence-corrected chi connectivity index (χ0v) is 13.9. The number of rotatable bonds is 2. The first-order valence-electron chi connectivity index (χ1n) is 7.93. The maximum atomic E-state index is 12.7. The first-order chi connectivity index (χ1) is 11.7. The molecule has 0 unspecified atom stereocenters. The number of nitrogens with two attached hydrogens (primary N) is 1. The topological polar surface area (TPSA) is 85.0 Å². The minimum absolute atomic E-state index is 0.147. The van der Waals surface area contributed by atoms with Crippen LogP contribution in [0.2, 0.25) is 0 Å². The second-order valence-electron chi connectivity index (χ2n) is 5.90. The zero-order chi connectivity index (χ0) is 16.5. The standard InChI is InChI=1S/C17H17N5OS/c18-15-14(19-7-8-20-15)17(23)22-9-3-4-11(10-22)16-21-12-5-1-2-6-13(12)24-16/h1-2,5-8,11H,3-4,9-10H2,(H2,18,20)/t11-/m1/s1. The largest absolute Gasteiger partial charge is 0.382 e. The highest BCUT2D eigenvalue weighted by Crippen LogP contribution is 2.33. The number of amides is 1. The van der Waals surface area contributed by atoms with E-state index in [2.05, 4.69) is 16.0 Å². The van der Waals surface area contributed by atoms with Gasteiger partial charge in [0.15, 0.2) is 11.5 Å². The van der Waals surface area contributed by atoms with E-state index in [0.717, 1.165) is 29.9 Å². The van der Waals surface area contributed by atoms with Crippen molar-refractivity contribution in [1.29, 1.82) is 0 Å². The van der Waals surface area contributed by atoms with E-state index in [-0.39, 0.29) is 23.3 Å². The van der Waals surface area contributed by atoms with Gasteiger partial charge in [0.1, 0.15) is 0 Å². The van der Waals surface area contributed by atoms with Crippen LogP contribution >= 0.6 is 11.3 Å². The zero-order valence-electron chi connectivity index (χ0n) is 13.1. The fourth-order valence-corrected chi connectivity index (χ4v) is 4.18. The monoisotopic (exact) mass is 339 g/mol. The SMILES string of the molecule is Nc1nccnc1C(=O)N1CCC[C@@H](c2nc3ccccc3s2)C1. The lowest BCUT2D eigenvalue weighted by Crippen LogP contribution is -2.39. The number of hydrogen-bond acceptors (Lipinski definition) is 6. The average Bonchev–Trinajstić information content (AvgIpc) is 3.06. The van der Waals surface area contributed by atoms with Crippen LogP contribution in [0.25, 0.3) is 10.2 Å². The van der Waals surface area contributed by atoms with Gasteiger partial charge in [0.05, 0.1) is 15.2 Å². The Labute approximate surface area is 143 Å². The van der Waals surface area contributed by atoms with E-state index in [0.29, 0.717) is 6.54 Å². The van der Waals surface area contributed by atoms with Crippen LogP contribution in [0.15, 0.2) is 36.7 Å². The Hall–Kier alpha value is -2.54. The highest BCUT2D eigenvalue weighted by atomic mass is 32.1. The van der Waals surface area contributed by atoms with Crippen molar-refractivity contribution < 1.29 is 4.79 Å². The summed E-state index contributed by atoms with van der Waals surface area (Å²) in [7, 11) is 0. The molecule has 1 saturated heterocycles. The van der Waals surface area contributed by atoms with Gasteiger partial charge in [0, 0.05) is 31.4 Å². The fraction of sp³-hybridized carbons (Fsp3) is 0.294. The molecule has 1 aliphatic rings. The molecule has 24 heavy (non-hydrogen) atoms. The van der Waals surface area contributed by atoms with Gasteiger partial charge in [-0.25, -0.2) is 15.0 Å². The van der Waals surface area contributed by atoms with Crippen molar-refractivity contribution in [2.24, 2.45) is 0 Å². The molecule has 1 aliphatic heterocycles. The number of thiazole rings is 1. The lowest BCUT2D eigenvalue weighted by molar-refractivity contribution is 0.0702. The van der Waals surface area contributed by atoms with E-state index < -0.39 is 0 Å². The molecule has 2 N–H and O–H groups in total. The van der Waals surface area contributed by atoms with Gasteiger partial charge >= 0.3 is 0 Å². The third-order valence-corrected chi connectivity index (χ3v) is 5.50. The number of benzene rings is 1. The number of anilines is 1. The molecular formula is C17H17N5OS. The van der Waals surface area contributed by atoms with E-state index in [9.17, 15) is 4.79 Å². The van der Waals surface area contributed by atoms with Crippen LogP contribution in [-0.2, 0) is 0 Å². The van der Waals surface area contributed by atoms with Crippen molar-refractivity contribution in [3.63, 3.8) is 0 Å². The molecular weight excluding hydrogens is 322 g/mol. The van der Waals surface area contributed by atoms with Crippen molar-refractivity contribution >= 4 is 33.3 Å². The molecule has 3 aromatic rings. The molecule has 3 heterocycles. The van der Waals surface area contributed by atoms with Crippen molar-refractivity contribution in [3.8, 4) is 0 Å². The van der Waals surface area contributed by atoms with Crippen LogP contribution in [-0.4, -0.2) is 38.8 Å². The minimum atomic E-state index is -0.147. The van der Waals surface area contributed by atoms with Crippen LogP contribution in [0, 0.1) is 0 Å². The maximum Gasteiger partial charge on any atom is 0.276 e. The third kappa shape index (κ3) is 2.71. The summed E-state index contributed by atoms with van der Waals surface area (Å²) in [5, 5.41) is 1.10. The highest BCUT2D eigenvalue weighted by molar-refractivity contribution is 7.18. The Bertz CT molecular complexity index is 860. The molecule has 1 atom stereocenters.